The van der Waals surface area contributed by atoms with Crippen LogP contribution in [0.25, 0.3) is 5.57 Å². The van der Waals surface area contributed by atoms with E-state index in [1.807, 2.05) is 56.3 Å². The summed E-state index contributed by atoms with van der Waals surface area (Å²) in [5, 5.41) is -0.462. The monoisotopic (exact) mass is 358 g/mol. The van der Waals surface area contributed by atoms with Crippen molar-refractivity contribution in [1.82, 2.24) is 0 Å². The molecule has 134 valence electrons. The number of allylic oxidation sites excluding steroid dienone is 1. The van der Waals surface area contributed by atoms with Gasteiger partial charge in [0.25, 0.3) is 0 Å². The Kier molecular flexibility index (Phi) is 6.26. The maximum absolute atomic E-state index is 12.5. The fourth-order valence-corrected chi connectivity index (χ4v) is 3.98. The van der Waals surface area contributed by atoms with Crippen LogP contribution < -0.4 is 10.5 Å². The van der Waals surface area contributed by atoms with Gasteiger partial charge >= 0.3 is 0 Å². The van der Waals surface area contributed by atoms with Crippen molar-refractivity contribution in [3.8, 4) is 0 Å². The van der Waals surface area contributed by atoms with Gasteiger partial charge in [0, 0.05) is 0 Å². The number of rotatable bonds is 7. The van der Waals surface area contributed by atoms with Crippen molar-refractivity contribution in [3.63, 3.8) is 0 Å². The highest BCUT2D eigenvalue weighted by molar-refractivity contribution is 7.93. The highest BCUT2D eigenvalue weighted by Crippen LogP contribution is 2.29. The van der Waals surface area contributed by atoms with Gasteiger partial charge in [0.1, 0.15) is 0 Å². The predicted molar refractivity (Wildman–Crippen MR) is 107 cm³/mol. The smallest absolute Gasteiger partial charge is 0.235 e. The van der Waals surface area contributed by atoms with Crippen LogP contribution >= 0.6 is 0 Å². The molecule has 0 saturated carbocycles. The first-order valence-corrected chi connectivity index (χ1v) is 10.1. The molecule has 5 heteroatoms. The van der Waals surface area contributed by atoms with E-state index in [4.69, 9.17) is 5.73 Å². The number of hydrogen-bond acceptors (Lipinski definition) is 3. The summed E-state index contributed by atoms with van der Waals surface area (Å²) in [6.07, 6.45) is 3.44. The van der Waals surface area contributed by atoms with Crippen molar-refractivity contribution in [3.05, 3.63) is 65.7 Å². The van der Waals surface area contributed by atoms with Crippen molar-refractivity contribution in [1.29, 1.82) is 0 Å². The molecule has 0 aliphatic carbocycles. The summed E-state index contributed by atoms with van der Waals surface area (Å²) in [4.78, 5) is 0. The Balaban J connectivity index is 2.38. The molecule has 0 aliphatic heterocycles. The Morgan fingerprint density at radius 1 is 1.16 bits per heavy atom. The molecule has 2 aromatic carbocycles. The third-order valence-corrected chi connectivity index (χ3v) is 6.01. The van der Waals surface area contributed by atoms with Crippen LogP contribution in [0, 0.1) is 0 Å². The maximum atomic E-state index is 12.5. The Labute approximate surface area is 150 Å². The minimum atomic E-state index is -3.46. The first kappa shape index (κ1) is 19.1. The molecule has 0 aliphatic rings. The summed E-state index contributed by atoms with van der Waals surface area (Å²) in [6.45, 7) is 5.65. The van der Waals surface area contributed by atoms with E-state index in [1.165, 1.54) is 0 Å². The van der Waals surface area contributed by atoms with E-state index in [2.05, 4.69) is 4.72 Å². The molecule has 3 N–H and O–H groups in total. The molecule has 4 nitrogen and oxygen atoms in total. The molecular weight excluding hydrogens is 332 g/mol. The van der Waals surface area contributed by atoms with Crippen molar-refractivity contribution in [2.45, 2.75) is 38.9 Å². The fourth-order valence-electron chi connectivity index (χ4n) is 2.75. The third kappa shape index (κ3) is 4.63. The van der Waals surface area contributed by atoms with E-state index in [-0.39, 0.29) is 0 Å². The van der Waals surface area contributed by atoms with Crippen molar-refractivity contribution >= 4 is 27.0 Å². The van der Waals surface area contributed by atoms with E-state index < -0.39 is 15.3 Å². The minimum Gasteiger partial charge on any atom is -0.397 e. The van der Waals surface area contributed by atoms with Gasteiger partial charge in [0.2, 0.25) is 10.0 Å². The zero-order valence-electron chi connectivity index (χ0n) is 15.0. The van der Waals surface area contributed by atoms with Crippen LogP contribution in [0.4, 0.5) is 11.4 Å². The molecular formula is C20H26N2O2S. The average Bonchev–Trinajstić information content (AvgIpc) is 2.59. The maximum Gasteiger partial charge on any atom is 0.235 e. The van der Waals surface area contributed by atoms with E-state index in [1.54, 1.807) is 19.1 Å². The largest absolute Gasteiger partial charge is 0.397 e. The van der Waals surface area contributed by atoms with Crippen molar-refractivity contribution in [2.75, 3.05) is 10.5 Å². The Hall–Kier alpha value is -2.27. The number of nitrogen functional groups attached to an aromatic ring is 1. The molecule has 0 saturated heterocycles. The number of nitrogens with one attached hydrogen (secondary N) is 1. The standard InChI is InChI=1S/C20H26N2O2S/c1-4-9-15(3)25(23,24)22-20-14-17(12-13-19(20)21)18(5-2)16-10-7-6-8-11-16/h5-8,10-15,22H,4,9,21H2,1-3H3. The van der Waals surface area contributed by atoms with Crippen LogP contribution in [0.15, 0.2) is 54.6 Å². The van der Waals surface area contributed by atoms with E-state index >= 15 is 0 Å². The summed E-state index contributed by atoms with van der Waals surface area (Å²) in [5.41, 5.74) is 9.87. The SMILES string of the molecule is CC=C(c1ccccc1)c1ccc(N)c(NS(=O)(=O)C(C)CCC)c1. The van der Waals surface area contributed by atoms with Crippen LogP contribution in [0.2, 0.25) is 0 Å². The molecule has 0 fully saturated rings. The summed E-state index contributed by atoms with van der Waals surface area (Å²) >= 11 is 0. The third-order valence-electron chi connectivity index (χ3n) is 4.21. The minimum absolute atomic E-state index is 0.416. The van der Waals surface area contributed by atoms with Gasteiger partial charge in [-0.2, -0.15) is 0 Å². The Morgan fingerprint density at radius 2 is 1.84 bits per heavy atom. The van der Waals surface area contributed by atoms with Gasteiger partial charge in [0.05, 0.1) is 16.6 Å². The highest BCUT2D eigenvalue weighted by Gasteiger charge is 2.21. The van der Waals surface area contributed by atoms with Crippen molar-refractivity contribution < 1.29 is 8.42 Å². The molecule has 0 spiro atoms. The second-order valence-corrected chi connectivity index (χ2v) is 8.22. The van der Waals surface area contributed by atoms with Crippen LogP contribution in [0.1, 0.15) is 44.7 Å². The number of sulfonamides is 1. The second kappa shape index (κ2) is 8.21. The molecule has 2 aromatic rings. The molecule has 0 aromatic heterocycles. The lowest BCUT2D eigenvalue weighted by Crippen LogP contribution is -2.25. The van der Waals surface area contributed by atoms with E-state index in [0.29, 0.717) is 17.8 Å². The topological polar surface area (TPSA) is 72.2 Å². The fraction of sp³-hybridized carbons (Fsp3) is 0.300. The average molecular weight is 359 g/mol. The number of benzene rings is 2. The Bertz CT molecular complexity index is 843. The molecule has 0 radical (unpaired) electrons. The van der Waals surface area contributed by atoms with Gasteiger partial charge in [0.15, 0.2) is 0 Å². The van der Waals surface area contributed by atoms with Gasteiger partial charge in [-0.15, -0.1) is 0 Å². The lowest BCUT2D eigenvalue weighted by atomic mass is 9.97. The second-order valence-electron chi connectivity index (χ2n) is 6.12. The van der Waals surface area contributed by atoms with Gasteiger partial charge < -0.3 is 5.73 Å². The highest BCUT2D eigenvalue weighted by atomic mass is 32.2. The van der Waals surface area contributed by atoms with Crippen LogP contribution in [-0.4, -0.2) is 13.7 Å². The first-order chi connectivity index (χ1) is 11.9. The molecule has 0 heterocycles. The van der Waals surface area contributed by atoms with Gasteiger partial charge in [-0.3, -0.25) is 4.72 Å². The van der Waals surface area contributed by atoms with Gasteiger partial charge in [-0.1, -0.05) is 55.8 Å². The summed E-state index contributed by atoms with van der Waals surface area (Å²) in [5.74, 6) is 0. The van der Waals surface area contributed by atoms with Gasteiger partial charge in [-0.25, -0.2) is 8.42 Å². The van der Waals surface area contributed by atoms with Crippen LogP contribution in [0.3, 0.4) is 0 Å². The van der Waals surface area contributed by atoms with Crippen molar-refractivity contribution in [2.24, 2.45) is 0 Å². The summed E-state index contributed by atoms with van der Waals surface area (Å²) < 4.78 is 27.6. The number of nitrogens with two attached hydrogens (primary N) is 1. The molecule has 0 bridgehead atoms. The molecule has 1 unspecified atom stereocenters. The molecule has 2 rings (SSSR count). The first-order valence-electron chi connectivity index (χ1n) is 8.52. The lowest BCUT2D eigenvalue weighted by molar-refractivity contribution is 0.581. The molecule has 25 heavy (non-hydrogen) atoms. The normalized spacial score (nSPS) is 13.5. The summed E-state index contributed by atoms with van der Waals surface area (Å²) in [6, 6.07) is 15.4. The Morgan fingerprint density at radius 3 is 2.44 bits per heavy atom. The van der Waals surface area contributed by atoms with Crippen LogP contribution in [0.5, 0.6) is 0 Å². The zero-order chi connectivity index (χ0) is 18.4. The van der Waals surface area contributed by atoms with Gasteiger partial charge in [-0.05, 0) is 49.1 Å². The van der Waals surface area contributed by atoms with E-state index in [9.17, 15) is 8.42 Å². The molecule has 0 amide bonds. The number of hydrogen-bond donors (Lipinski definition) is 2. The molecule has 1 atom stereocenters. The number of anilines is 2. The quantitative estimate of drug-likeness (QED) is 0.708. The lowest BCUT2D eigenvalue weighted by Gasteiger charge is -2.17. The van der Waals surface area contributed by atoms with E-state index in [0.717, 1.165) is 23.1 Å². The van der Waals surface area contributed by atoms with Crippen LogP contribution in [-0.2, 0) is 10.0 Å². The summed E-state index contributed by atoms with van der Waals surface area (Å²) in [7, 11) is -3.46. The zero-order valence-corrected chi connectivity index (χ0v) is 15.8. The predicted octanol–water partition coefficient (Wildman–Crippen LogP) is 4.65.